The summed E-state index contributed by atoms with van der Waals surface area (Å²) < 4.78 is 21.1. The van der Waals surface area contributed by atoms with E-state index < -0.39 is 11.9 Å². The minimum atomic E-state index is -1.01. The molecule has 0 saturated heterocycles. The van der Waals surface area contributed by atoms with Crippen molar-refractivity contribution < 1.29 is 48.3 Å². The largest absolute Gasteiger partial charge is 0.481 e. The van der Waals surface area contributed by atoms with Crippen LogP contribution >= 0.6 is 0 Å². The number of hydrogen-bond donors (Lipinski definition) is 4. The molecule has 0 aliphatic carbocycles. The zero-order valence-electron chi connectivity index (χ0n) is 17.1. The van der Waals surface area contributed by atoms with Gasteiger partial charge in [0.15, 0.2) is 0 Å². The first-order valence-electron chi connectivity index (χ1n) is 9.69. The number of ether oxygens (including phenoxy) is 4. The second kappa shape index (κ2) is 20.0. The highest BCUT2D eigenvalue weighted by Gasteiger charge is 2.05. The van der Waals surface area contributed by atoms with Gasteiger partial charge < -0.3 is 39.8 Å². The Bertz CT molecular complexity index is 457. The predicted molar refractivity (Wildman–Crippen MR) is 103 cm³/mol. The number of carboxylic acid groups (broad SMARTS) is 2. The SMILES string of the molecule is O=C(O)CCC(=O)NCCOCCOCCOCCOCCNC(=O)CCC(=O)O. The highest BCUT2D eigenvalue weighted by atomic mass is 16.6. The van der Waals surface area contributed by atoms with E-state index in [0.717, 1.165) is 0 Å². The van der Waals surface area contributed by atoms with Crippen LogP contribution in [0.4, 0.5) is 0 Å². The molecule has 0 aromatic heterocycles. The summed E-state index contributed by atoms with van der Waals surface area (Å²) in [7, 11) is 0. The van der Waals surface area contributed by atoms with Crippen molar-refractivity contribution in [2.24, 2.45) is 0 Å². The second-order valence-corrected chi connectivity index (χ2v) is 5.94. The van der Waals surface area contributed by atoms with Crippen molar-refractivity contribution in [2.75, 3.05) is 65.9 Å². The fourth-order valence-electron chi connectivity index (χ4n) is 1.90. The molecule has 174 valence electrons. The van der Waals surface area contributed by atoms with Gasteiger partial charge in [0.2, 0.25) is 11.8 Å². The maximum atomic E-state index is 11.2. The molecule has 0 aliphatic heterocycles. The highest BCUT2D eigenvalue weighted by molar-refractivity contribution is 5.81. The standard InChI is InChI=1S/C18H32N2O10/c21-15(1-3-17(23)24)19-5-7-27-9-11-29-13-14-30-12-10-28-8-6-20-16(22)2-4-18(25)26/h1-14H2,(H,19,21)(H,20,22)(H,23,24)(H,25,26). The molecule has 0 bridgehead atoms. The van der Waals surface area contributed by atoms with Crippen LogP contribution in [-0.2, 0) is 38.1 Å². The molecule has 0 rings (SSSR count). The average molecular weight is 436 g/mol. The summed E-state index contributed by atoms with van der Waals surface area (Å²) in [5.41, 5.74) is 0. The maximum Gasteiger partial charge on any atom is 0.303 e. The minimum Gasteiger partial charge on any atom is -0.481 e. The monoisotopic (exact) mass is 436 g/mol. The van der Waals surface area contributed by atoms with Gasteiger partial charge >= 0.3 is 11.9 Å². The number of carbonyl (C=O) groups is 4. The van der Waals surface area contributed by atoms with Crippen LogP contribution < -0.4 is 10.6 Å². The molecule has 0 atom stereocenters. The summed E-state index contributed by atoms with van der Waals surface area (Å²) in [6.07, 6.45) is -0.477. The van der Waals surface area contributed by atoms with E-state index in [2.05, 4.69) is 10.6 Å². The Morgan fingerprint density at radius 1 is 0.500 bits per heavy atom. The van der Waals surface area contributed by atoms with Crippen molar-refractivity contribution in [1.29, 1.82) is 0 Å². The first-order valence-corrected chi connectivity index (χ1v) is 9.69. The van der Waals surface area contributed by atoms with Crippen molar-refractivity contribution in [3.63, 3.8) is 0 Å². The van der Waals surface area contributed by atoms with Gasteiger partial charge in [0.05, 0.1) is 65.7 Å². The molecule has 12 nitrogen and oxygen atoms in total. The highest BCUT2D eigenvalue weighted by Crippen LogP contribution is 1.89. The number of amides is 2. The summed E-state index contributed by atoms with van der Waals surface area (Å²) in [4.78, 5) is 43.1. The van der Waals surface area contributed by atoms with Gasteiger partial charge in [-0.25, -0.2) is 0 Å². The molecule has 30 heavy (non-hydrogen) atoms. The lowest BCUT2D eigenvalue weighted by Crippen LogP contribution is -2.28. The first kappa shape index (κ1) is 27.7. The van der Waals surface area contributed by atoms with Gasteiger partial charge in [-0.15, -0.1) is 0 Å². The third-order valence-corrected chi connectivity index (χ3v) is 3.39. The van der Waals surface area contributed by atoms with E-state index >= 15 is 0 Å². The third kappa shape index (κ3) is 22.0. The lowest BCUT2D eigenvalue weighted by atomic mass is 10.3. The van der Waals surface area contributed by atoms with Crippen molar-refractivity contribution in [2.45, 2.75) is 25.7 Å². The molecular weight excluding hydrogens is 404 g/mol. The Hall–Kier alpha value is -2.28. The molecule has 12 heteroatoms. The topological polar surface area (TPSA) is 170 Å². The van der Waals surface area contributed by atoms with Gasteiger partial charge in [0.1, 0.15) is 0 Å². The van der Waals surface area contributed by atoms with Crippen LogP contribution in [0.15, 0.2) is 0 Å². The van der Waals surface area contributed by atoms with Gasteiger partial charge in [0, 0.05) is 25.9 Å². The average Bonchev–Trinajstić information content (AvgIpc) is 2.70. The summed E-state index contributed by atoms with van der Waals surface area (Å²) in [5.74, 6) is -2.66. The van der Waals surface area contributed by atoms with Crippen molar-refractivity contribution in [3.8, 4) is 0 Å². The number of carboxylic acids is 2. The van der Waals surface area contributed by atoms with E-state index in [-0.39, 0.29) is 37.5 Å². The number of aliphatic carboxylic acids is 2. The lowest BCUT2D eigenvalue weighted by molar-refractivity contribution is -0.139. The van der Waals surface area contributed by atoms with Crippen molar-refractivity contribution >= 4 is 23.8 Å². The van der Waals surface area contributed by atoms with Crippen molar-refractivity contribution in [3.05, 3.63) is 0 Å². The molecule has 0 aromatic carbocycles. The normalized spacial score (nSPS) is 10.5. The molecule has 0 fully saturated rings. The van der Waals surface area contributed by atoms with Crippen LogP contribution in [0.5, 0.6) is 0 Å². The number of carbonyl (C=O) groups excluding carboxylic acids is 2. The summed E-state index contributed by atoms with van der Waals surface area (Å²) in [6.45, 7) is 3.55. The zero-order chi connectivity index (χ0) is 22.5. The summed E-state index contributed by atoms with van der Waals surface area (Å²) in [6, 6.07) is 0. The molecular formula is C18H32N2O10. The molecule has 2 amide bonds. The molecule has 0 heterocycles. The molecule has 0 aromatic rings. The third-order valence-electron chi connectivity index (χ3n) is 3.39. The Morgan fingerprint density at radius 3 is 1.10 bits per heavy atom. The van der Waals surface area contributed by atoms with Crippen LogP contribution in [-0.4, -0.2) is 99.9 Å². The van der Waals surface area contributed by atoms with Gasteiger partial charge in [-0.1, -0.05) is 0 Å². The molecule has 0 saturated carbocycles. The smallest absolute Gasteiger partial charge is 0.303 e. The minimum absolute atomic E-state index is 0.0470. The molecule has 4 N–H and O–H groups in total. The van der Waals surface area contributed by atoms with E-state index in [4.69, 9.17) is 29.2 Å². The second-order valence-electron chi connectivity index (χ2n) is 5.94. The summed E-state index contributed by atoms with van der Waals surface area (Å²) >= 11 is 0. The van der Waals surface area contributed by atoms with Crippen LogP contribution in [0.25, 0.3) is 0 Å². The van der Waals surface area contributed by atoms with Crippen LogP contribution in [0.1, 0.15) is 25.7 Å². The fraction of sp³-hybridized carbons (Fsp3) is 0.778. The van der Waals surface area contributed by atoms with Gasteiger partial charge in [0.25, 0.3) is 0 Å². The maximum absolute atomic E-state index is 11.2. The van der Waals surface area contributed by atoms with Crippen LogP contribution in [0.3, 0.4) is 0 Å². The van der Waals surface area contributed by atoms with Gasteiger partial charge in [-0.05, 0) is 0 Å². The number of hydrogen-bond acceptors (Lipinski definition) is 8. The molecule has 0 aliphatic rings. The van der Waals surface area contributed by atoms with E-state index in [1.54, 1.807) is 0 Å². The van der Waals surface area contributed by atoms with Crippen molar-refractivity contribution in [1.82, 2.24) is 10.6 Å². The Balaban J connectivity index is 3.19. The first-order chi connectivity index (χ1) is 14.4. The van der Waals surface area contributed by atoms with Gasteiger partial charge in [-0.3, -0.25) is 19.2 Å². The molecule has 0 radical (unpaired) electrons. The molecule has 0 spiro atoms. The van der Waals surface area contributed by atoms with Crippen LogP contribution in [0, 0.1) is 0 Å². The van der Waals surface area contributed by atoms with Gasteiger partial charge in [-0.2, -0.15) is 0 Å². The quantitative estimate of drug-likeness (QED) is 0.164. The van der Waals surface area contributed by atoms with E-state index in [1.165, 1.54) is 0 Å². The zero-order valence-corrected chi connectivity index (χ0v) is 17.1. The fourth-order valence-corrected chi connectivity index (χ4v) is 1.90. The van der Waals surface area contributed by atoms with E-state index in [1.807, 2.05) is 0 Å². The Morgan fingerprint density at radius 2 is 0.800 bits per heavy atom. The van der Waals surface area contributed by atoms with Crippen LogP contribution in [0.2, 0.25) is 0 Å². The van der Waals surface area contributed by atoms with E-state index in [0.29, 0.717) is 65.9 Å². The molecule has 0 unspecified atom stereocenters. The Kier molecular flexibility index (Phi) is 18.5. The summed E-state index contributed by atoms with van der Waals surface area (Å²) in [5, 5.41) is 22.0. The lowest BCUT2D eigenvalue weighted by Gasteiger charge is -2.08. The Labute approximate surface area is 175 Å². The predicted octanol–water partition coefficient (Wildman–Crippen LogP) is -0.985. The number of nitrogens with one attached hydrogen (secondary N) is 2. The van der Waals surface area contributed by atoms with E-state index in [9.17, 15) is 19.2 Å². The number of rotatable bonds is 21.